The summed E-state index contributed by atoms with van der Waals surface area (Å²) >= 11 is 2.13. The van der Waals surface area contributed by atoms with Crippen LogP contribution in [0.4, 0.5) is 0 Å². The van der Waals surface area contributed by atoms with Gasteiger partial charge in [-0.05, 0) is 23.1 Å². The number of carbonyl (C=O) groups excluding carboxylic acids is 1. The highest BCUT2D eigenvalue weighted by Crippen LogP contribution is 2.22. The Morgan fingerprint density at radius 3 is 2.39 bits per heavy atom. The molecule has 0 aliphatic rings. The minimum Gasteiger partial charge on any atom is -0.369 e. The van der Waals surface area contributed by atoms with Crippen molar-refractivity contribution in [3.8, 4) is 0 Å². The third-order valence-electron chi connectivity index (χ3n) is 2.62. The molecule has 0 radical (unpaired) electrons. The summed E-state index contributed by atoms with van der Waals surface area (Å²) in [7, 11) is 0. The molecule has 0 saturated carbocycles. The molecule has 100 valence electrons. The van der Waals surface area contributed by atoms with Crippen molar-refractivity contribution in [2.45, 2.75) is 26.2 Å². The maximum atomic E-state index is 11.8. The van der Waals surface area contributed by atoms with E-state index in [0.29, 0.717) is 23.3 Å². The van der Waals surface area contributed by atoms with Gasteiger partial charge in [0.2, 0.25) is 0 Å². The van der Waals surface area contributed by atoms with E-state index in [9.17, 15) is 4.79 Å². The number of halogens is 1. The maximum Gasteiger partial charge on any atom is 0.251 e. The number of ether oxygens (including phenoxy) is 1. The molecule has 0 heterocycles. The highest BCUT2D eigenvalue weighted by molar-refractivity contribution is 14.1. The molecule has 0 atom stereocenters. The number of hydrogen-bond donors (Lipinski definition) is 1. The van der Waals surface area contributed by atoms with Gasteiger partial charge in [-0.15, -0.1) is 0 Å². The van der Waals surface area contributed by atoms with Crippen LogP contribution in [0.1, 0.15) is 36.7 Å². The smallest absolute Gasteiger partial charge is 0.251 e. The van der Waals surface area contributed by atoms with Crippen molar-refractivity contribution in [3.63, 3.8) is 0 Å². The first kappa shape index (κ1) is 15.4. The standard InChI is InChI=1S/C14H20INO2/c1-14(2,3)12-6-4-11(5-7-12)13(17)16-8-9-18-10-15/h4-7H,8-10H2,1-3H3,(H,16,17). The zero-order chi connectivity index (χ0) is 13.6. The number of amides is 1. The lowest BCUT2D eigenvalue weighted by Gasteiger charge is -2.19. The molecular weight excluding hydrogens is 341 g/mol. The highest BCUT2D eigenvalue weighted by Gasteiger charge is 2.14. The molecule has 4 heteroatoms. The predicted molar refractivity (Wildman–Crippen MR) is 82.3 cm³/mol. The van der Waals surface area contributed by atoms with Gasteiger partial charge in [-0.1, -0.05) is 55.5 Å². The van der Waals surface area contributed by atoms with E-state index in [0.717, 1.165) is 0 Å². The Labute approximate surface area is 122 Å². The summed E-state index contributed by atoms with van der Waals surface area (Å²) in [6.07, 6.45) is 0. The van der Waals surface area contributed by atoms with Gasteiger partial charge in [-0.25, -0.2) is 0 Å². The second-order valence-corrected chi connectivity index (χ2v) is 5.72. The second kappa shape index (κ2) is 7.09. The number of carbonyl (C=O) groups is 1. The van der Waals surface area contributed by atoms with Crippen LogP contribution in [0.5, 0.6) is 0 Å². The van der Waals surface area contributed by atoms with Crippen LogP contribution in [0.25, 0.3) is 0 Å². The molecule has 1 aromatic carbocycles. The molecule has 1 amide bonds. The maximum absolute atomic E-state index is 11.8. The Kier molecular flexibility index (Phi) is 6.08. The number of rotatable bonds is 5. The first-order chi connectivity index (χ1) is 8.45. The van der Waals surface area contributed by atoms with E-state index in [1.807, 2.05) is 24.3 Å². The van der Waals surface area contributed by atoms with Crippen LogP contribution in [0.15, 0.2) is 24.3 Å². The molecule has 1 aromatic rings. The number of nitrogens with one attached hydrogen (secondary N) is 1. The molecule has 18 heavy (non-hydrogen) atoms. The molecule has 0 bridgehead atoms. The van der Waals surface area contributed by atoms with E-state index in [1.165, 1.54) is 5.56 Å². The highest BCUT2D eigenvalue weighted by atomic mass is 127. The molecule has 0 fully saturated rings. The van der Waals surface area contributed by atoms with Crippen molar-refractivity contribution < 1.29 is 9.53 Å². The summed E-state index contributed by atoms with van der Waals surface area (Å²) in [5, 5.41) is 2.82. The number of alkyl halides is 1. The van der Waals surface area contributed by atoms with Crippen molar-refractivity contribution in [1.29, 1.82) is 0 Å². The average Bonchev–Trinajstić information content (AvgIpc) is 2.33. The zero-order valence-electron chi connectivity index (χ0n) is 11.1. The van der Waals surface area contributed by atoms with Crippen LogP contribution in [-0.4, -0.2) is 23.7 Å². The fraction of sp³-hybridized carbons (Fsp3) is 0.500. The number of hydrogen-bond acceptors (Lipinski definition) is 2. The normalized spacial score (nSPS) is 11.3. The monoisotopic (exact) mass is 361 g/mol. The van der Waals surface area contributed by atoms with Crippen molar-refractivity contribution in [1.82, 2.24) is 5.32 Å². The van der Waals surface area contributed by atoms with Crippen LogP contribution in [0.2, 0.25) is 0 Å². The largest absolute Gasteiger partial charge is 0.369 e. The Morgan fingerprint density at radius 1 is 1.28 bits per heavy atom. The number of benzene rings is 1. The lowest BCUT2D eigenvalue weighted by atomic mass is 9.87. The molecule has 0 aliphatic carbocycles. The summed E-state index contributed by atoms with van der Waals surface area (Å²) in [6.45, 7) is 7.56. The van der Waals surface area contributed by atoms with Gasteiger partial charge in [0, 0.05) is 12.1 Å². The van der Waals surface area contributed by atoms with E-state index in [-0.39, 0.29) is 11.3 Å². The summed E-state index contributed by atoms with van der Waals surface area (Å²) in [4.78, 5) is 11.8. The lowest BCUT2D eigenvalue weighted by Crippen LogP contribution is -2.27. The molecular formula is C14H20INO2. The summed E-state index contributed by atoms with van der Waals surface area (Å²) in [5.41, 5.74) is 2.04. The predicted octanol–water partition coefficient (Wildman–Crippen LogP) is 3.12. The molecule has 1 rings (SSSR count). The molecule has 1 N–H and O–H groups in total. The van der Waals surface area contributed by atoms with Crippen molar-refractivity contribution in [2.75, 3.05) is 17.8 Å². The molecule has 0 unspecified atom stereocenters. The van der Waals surface area contributed by atoms with Crippen LogP contribution in [-0.2, 0) is 10.2 Å². The van der Waals surface area contributed by atoms with Crippen LogP contribution in [0.3, 0.4) is 0 Å². The topological polar surface area (TPSA) is 38.3 Å². The Morgan fingerprint density at radius 2 is 1.89 bits per heavy atom. The Bertz CT molecular complexity index is 382. The summed E-state index contributed by atoms with van der Waals surface area (Å²) in [5.74, 6) is -0.0486. The zero-order valence-corrected chi connectivity index (χ0v) is 13.3. The molecule has 0 saturated heterocycles. The van der Waals surface area contributed by atoms with E-state index in [4.69, 9.17) is 4.74 Å². The van der Waals surface area contributed by atoms with Gasteiger partial charge in [-0.3, -0.25) is 4.79 Å². The van der Waals surface area contributed by atoms with Crippen LogP contribution in [0, 0.1) is 0 Å². The molecule has 0 aliphatic heterocycles. The van der Waals surface area contributed by atoms with Gasteiger partial charge < -0.3 is 10.1 Å². The summed E-state index contributed by atoms with van der Waals surface area (Å²) < 4.78 is 5.80. The van der Waals surface area contributed by atoms with Crippen molar-refractivity contribution >= 4 is 28.5 Å². The summed E-state index contributed by atoms with van der Waals surface area (Å²) in [6, 6.07) is 7.76. The van der Waals surface area contributed by atoms with Crippen molar-refractivity contribution in [3.05, 3.63) is 35.4 Å². The fourth-order valence-corrected chi connectivity index (χ4v) is 1.83. The Balaban J connectivity index is 2.54. The molecule has 0 aromatic heterocycles. The van der Waals surface area contributed by atoms with E-state index in [2.05, 4.69) is 48.7 Å². The molecule has 0 spiro atoms. The van der Waals surface area contributed by atoms with Gasteiger partial charge >= 0.3 is 0 Å². The van der Waals surface area contributed by atoms with Gasteiger partial charge in [0.05, 0.1) is 11.2 Å². The first-order valence-electron chi connectivity index (χ1n) is 5.97. The second-order valence-electron chi connectivity index (χ2n) is 5.10. The van der Waals surface area contributed by atoms with Gasteiger partial charge in [0.25, 0.3) is 5.91 Å². The van der Waals surface area contributed by atoms with E-state index < -0.39 is 0 Å². The minimum absolute atomic E-state index is 0.0486. The quantitative estimate of drug-likeness (QED) is 0.497. The minimum atomic E-state index is -0.0486. The molecule has 3 nitrogen and oxygen atoms in total. The lowest BCUT2D eigenvalue weighted by molar-refractivity contribution is 0.0935. The van der Waals surface area contributed by atoms with Gasteiger partial charge in [0.1, 0.15) is 0 Å². The third-order valence-corrected chi connectivity index (χ3v) is 3.06. The first-order valence-corrected chi connectivity index (χ1v) is 7.50. The Hall–Kier alpha value is -0.620. The third kappa shape index (κ3) is 4.94. The van der Waals surface area contributed by atoms with E-state index >= 15 is 0 Å². The van der Waals surface area contributed by atoms with Gasteiger partial charge in [-0.2, -0.15) is 0 Å². The SMILES string of the molecule is CC(C)(C)c1ccc(C(=O)NCCOCI)cc1. The van der Waals surface area contributed by atoms with Crippen molar-refractivity contribution in [2.24, 2.45) is 0 Å². The van der Waals surface area contributed by atoms with Crippen LogP contribution >= 0.6 is 22.6 Å². The fourth-order valence-electron chi connectivity index (χ4n) is 1.51. The average molecular weight is 361 g/mol. The van der Waals surface area contributed by atoms with Gasteiger partial charge in [0.15, 0.2) is 0 Å². The van der Waals surface area contributed by atoms with Crippen LogP contribution < -0.4 is 5.32 Å². The van der Waals surface area contributed by atoms with E-state index in [1.54, 1.807) is 0 Å².